The highest BCUT2D eigenvalue weighted by atomic mass is 16.5. The summed E-state index contributed by atoms with van der Waals surface area (Å²) in [5, 5.41) is 7.14. The van der Waals surface area contributed by atoms with Crippen molar-refractivity contribution in [2.75, 3.05) is 17.7 Å². The van der Waals surface area contributed by atoms with E-state index in [1.54, 1.807) is 12.1 Å². The van der Waals surface area contributed by atoms with Gasteiger partial charge in [0.2, 0.25) is 0 Å². The molecule has 0 fully saturated rings. The summed E-state index contributed by atoms with van der Waals surface area (Å²) in [6, 6.07) is 23.4. The topological polar surface area (TPSA) is 67.4 Å². The Balaban J connectivity index is 1.57. The highest BCUT2D eigenvalue weighted by Crippen LogP contribution is 2.44. The van der Waals surface area contributed by atoms with E-state index in [-0.39, 0.29) is 23.7 Å². The number of methoxy groups -OCH3 is 1. The third-order valence-corrected chi connectivity index (χ3v) is 6.52. The van der Waals surface area contributed by atoms with Crippen molar-refractivity contribution in [1.29, 1.82) is 0 Å². The maximum Gasteiger partial charge on any atom is 0.337 e. The molecule has 0 bridgehead atoms. The molecule has 0 saturated carbocycles. The van der Waals surface area contributed by atoms with E-state index in [2.05, 4.69) is 41.8 Å². The highest BCUT2D eigenvalue weighted by Gasteiger charge is 2.36. The van der Waals surface area contributed by atoms with Gasteiger partial charge in [-0.05, 0) is 54.7 Å². The minimum atomic E-state index is -0.378. The molecule has 0 unspecified atom stereocenters. The number of carbonyl (C=O) groups excluding carboxylic acids is 2. The van der Waals surface area contributed by atoms with Crippen LogP contribution < -0.4 is 10.6 Å². The van der Waals surface area contributed by atoms with E-state index in [1.165, 1.54) is 18.2 Å². The number of para-hydroxylation sites is 2. The van der Waals surface area contributed by atoms with Crippen molar-refractivity contribution in [2.24, 2.45) is 0 Å². The Morgan fingerprint density at radius 2 is 1.55 bits per heavy atom. The van der Waals surface area contributed by atoms with E-state index >= 15 is 0 Å². The summed E-state index contributed by atoms with van der Waals surface area (Å²) in [4.78, 5) is 25.5. The molecule has 1 aliphatic carbocycles. The molecule has 2 aliphatic rings. The fourth-order valence-electron chi connectivity index (χ4n) is 4.75. The number of ether oxygens (including phenoxy) is 1. The van der Waals surface area contributed by atoms with Crippen LogP contribution in [0.15, 0.2) is 84.1 Å². The summed E-state index contributed by atoms with van der Waals surface area (Å²) in [6.45, 7) is 2.07. The summed E-state index contributed by atoms with van der Waals surface area (Å²) >= 11 is 0. The van der Waals surface area contributed by atoms with E-state index in [0.717, 1.165) is 34.6 Å². The first-order chi connectivity index (χ1) is 16.0. The number of benzene rings is 3. The molecule has 5 rings (SSSR count). The lowest BCUT2D eigenvalue weighted by Crippen LogP contribution is -2.26. The average Bonchev–Trinajstić information content (AvgIpc) is 3.01. The maximum absolute atomic E-state index is 13.6. The molecule has 0 aromatic heterocycles. The number of rotatable bonds is 3. The zero-order valence-electron chi connectivity index (χ0n) is 18.7. The standard InChI is InChI=1S/C28H26N2O3/c1-17-7-9-18(10-8-17)21-15-24-26(25(31)16-21)27(30-23-6-4-3-5-22(23)29-24)19-11-13-20(14-12-19)28(32)33-2/h3-14,21,27,29-30H,15-16H2,1-2H3/t21-,27+/m1/s1. The molecule has 0 spiro atoms. The first-order valence-corrected chi connectivity index (χ1v) is 11.2. The molecule has 5 nitrogen and oxygen atoms in total. The number of Topliss-reactive ketones (excluding diaryl/α,β-unsaturated/α-hetero) is 1. The van der Waals surface area contributed by atoms with Crippen molar-refractivity contribution in [2.45, 2.75) is 31.7 Å². The van der Waals surface area contributed by atoms with Crippen LogP contribution in [0.25, 0.3) is 0 Å². The second-order valence-corrected chi connectivity index (χ2v) is 8.69. The maximum atomic E-state index is 13.6. The number of carbonyl (C=O) groups is 2. The fourth-order valence-corrected chi connectivity index (χ4v) is 4.75. The van der Waals surface area contributed by atoms with Crippen LogP contribution in [-0.4, -0.2) is 18.9 Å². The van der Waals surface area contributed by atoms with E-state index < -0.39 is 0 Å². The lowest BCUT2D eigenvalue weighted by molar-refractivity contribution is -0.116. The Labute approximate surface area is 193 Å². The fraction of sp³-hybridized carbons (Fsp3) is 0.214. The molecule has 166 valence electrons. The number of esters is 1. The minimum absolute atomic E-state index is 0.136. The van der Waals surface area contributed by atoms with Gasteiger partial charge in [0.25, 0.3) is 0 Å². The number of aryl methyl sites for hydroxylation is 1. The minimum Gasteiger partial charge on any atom is -0.465 e. The Kier molecular flexibility index (Phi) is 5.47. The molecule has 3 aromatic rings. The average molecular weight is 439 g/mol. The molecule has 0 saturated heterocycles. The molecular formula is C28H26N2O3. The SMILES string of the molecule is COC(=O)c1ccc([C@@H]2Nc3ccccc3NC3=C2C(=O)C[C@H](c2ccc(C)cc2)C3)cc1. The van der Waals surface area contributed by atoms with Crippen LogP contribution in [-0.2, 0) is 9.53 Å². The normalized spacial score (nSPS) is 19.5. The quantitative estimate of drug-likeness (QED) is 0.509. The monoisotopic (exact) mass is 438 g/mol. The van der Waals surface area contributed by atoms with Crippen molar-refractivity contribution < 1.29 is 14.3 Å². The summed E-state index contributed by atoms with van der Waals surface area (Å²) in [5.74, 6) is -0.106. The van der Waals surface area contributed by atoms with E-state index in [9.17, 15) is 9.59 Å². The van der Waals surface area contributed by atoms with E-state index in [4.69, 9.17) is 4.74 Å². The second-order valence-electron chi connectivity index (χ2n) is 8.69. The number of anilines is 2. The second kappa shape index (κ2) is 8.58. The van der Waals surface area contributed by atoms with E-state index in [1.807, 2.05) is 36.4 Å². The third kappa shape index (κ3) is 4.02. The van der Waals surface area contributed by atoms with Gasteiger partial charge in [-0.15, -0.1) is 0 Å². The van der Waals surface area contributed by atoms with Crippen LogP contribution in [0.3, 0.4) is 0 Å². The van der Waals surface area contributed by atoms with Gasteiger partial charge in [-0.2, -0.15) is 0 Å². The number of fused-ring (bicyclic) bond motifs is 1. The van der Waals surface area contributed by atoms with Gasteiger partial charge in [-0.3, -0.25) is 4.79 Å². The Bertz CT molecular complexity index is 1240. The predicted molar refractivity (Wildman–Crippen MR) is 129 cm³/mol. The van der Waals surface area contributed by atoms with Gasteiger partial charge < -0.3 is 15.4 Å². The van der Waals surface area contributed by atoms with Crippen LogP contribution in [0.2, 0.25) is 0 Å². The van der Waals surface area contributed by atoms with Gasteiger partial charge in [-0.25, -0.2) is 4.79 Å². The molecule has 0 radical (unpaired) electrons. The van der Waals surface area contributed by atoms with Gasteiger partial charge >= 0.3 is 5.97 Å². The first-order valence-electron chi connectivity index (χ1n) is 11.2. The van der Waals surface area contributed by atoms with Gasteiger partial charge in [0, 0.05) is 17.7 Å². The molecule has 1 heterocycles. The molecule has 1 aliphatic heterocycles. The molecule has 2 atom stereocenters. The predicted octanol–water partition coefficient (Wildman–Crippen LogP) is 5.76. The first kappa shape index (κ1) is 21.0. The van der Waals surface area contributed by atoms with Gasteiger partial charge in [-0.1, -0.05) is 54.1 Å². The Morgan fingerprint density at radius 3 is 2.24 bits per heavy atom. The molecule has 0 amide bonds. The molecule has 33 heavy (non-hydrogen) atoms. The summed E-state index contributed by atoms with van der Waals surface area (Å²) < 4.78 is 4.82. The van der Waals surface area contributed by atoms with Crippen molar-refractivity contribution in [3.8, 4) is 0 Å². The summed E-state index contributed by atoms with van der Waals surface area (Å²) in [6.07, 6.45) is 1.23. The third-order valence-electron chi connectivity index (χ3n) is 6.52. The summed E-state index contributed by atoms with van der Waals surface area (Å²) in [7, 11) is 1.37. The van der Waals surface area contributed by atoms with Crippen LogP contribution in [0.5, 0.6) is 0 Å². The van der Waals surface area contributed by atoms with Gasteiger partial charge in [0.05, 0.1) is 30.1 Å². The molecular weight excluding hydrogens is 412 g/mol. The Hall–Kier alpha value is -3.86. The van der Waals surface area contributed by atoms with Gasteiger partial charge in [0.1, 0.15) is 0 Å². The number of allylic oxidation sites excluding steroid dienone is 1. The largest absolute Gasteiger partial charge is 0.465 e. The Morgan fingerprint density at radius 1 is 0.879 bits per heavy atom. The van der Waals surface area contributed by atoms with Gasteiger partial charge in [0.15, 0.2) is 5.78 Å². The zero-order chi connectivity index (χ0) is 22.9. The summed E-state index contributed by atoms with van der Waals surface area (Å²) in [5.41, 5.74) is 7.42. The lowest BCUT2D eigenvalue weighted by atomic mass is 9.78. The molecule has 2 N–H and O–H groups in total. The number of hydrogen-bond donors (Lipinski definition) is 2. The van der Waals surface area contributed by atoms with Crippen LogP contribution in [0, 0.1) is 6.92 Å². The number of nitrogens with one attached hydrogen (secondary N) is 2. The van der Waals surface area contributed by atoms with Crippen molar-refractivity contribution in [1.82, 2.24) is 0 Å². The van der Waals surface area contributed by atoms with Crippen molar-refractivity contribution in [3.63, 3.8) is 0 Å². The highest BCUT2D eigenvalue weighted by molar-refractivity contribution is 6.01. The zero-order valence-corrected chi connectivity index (χ0v) is 18.7. The van der Waals surface area contributed by atoms with E-state index in [0.29, 0.717) is 12.0 Å². The molecule has 3 aromatic carbocycles. The van der Waals surface area contributed by atoms with Crippen LogP contribution in [0.4, 0.5) is 11.4 Å². The number of ketones is 1. The lowest BCUT2D eigenvalue weighted by Gasteiger charge is -2.30. The van der Waals surface area contributed by atoms with Crippen molar-refractivity contribution in [3.05, 3.63) is 106 Å². The van der Waals surface area contributed by atoms with Crippen LogP contribution >= 0.6 is 0 Å². The number of hydrogen-bond acceptors (Lipinski definition) is 5. The van der Waals surface area contributed by atoms with Crippen LogP contribution in [0.1, 0.15) is 51.8 Å². The molecule has 5 heteroatoms. The van der Waals surface area contributed by atoms with Crippen molar-refractivity contribution >= 4 is 23.1 Å². The smallest absolute Gasteiger partial charge is 0.337 e.